The van der Waals surface area contributed by atoms with E-state index >= 15 is 0 Å². The summed E-state index contributed by atoms with van der Waals surface area (Å²) in [6.45, 7) is 11.1. The summed E-state index contributed by atoms with van der Waals surface area (Å²) in [5, 5.41) is 17.6. The predicted octanol–water partition coefficient (Wildman–Crippen LogP) is 1.01. The summed E-state index contributed by atoms with van der Waals surface area (Å²) < 4.78 is 33.6. The van der Waals surface area contributed by atoms with Gasteiger partial charge in [0, 0.05) is 6.61 Å². The Labute approximate surface area is 164 Å². The maximum atomic E-state index is 8.81. The van der Waals surface area contributed by atoms with Crippen molar-refractivity contribution in [3.63, 3.8) is 0 Å². The van der Waals surface area contributed by atoms with Gasteiger partial charge in [0.2, 0.25) is 0 Å². The molecule has 0 aliphatic carbocycles. The molecule has 0 fully saturated rings. The number of hydrogen-bond acceptors (Lipinski definition) is 8. The average molecular weight is 397 g/mol. The summed E-state index contributed by atoms with van der Waals surface area (Å²) in [5.74, 6) is 0. The van der Waals surface area contributed by atoms with Crippen LogP contribution in [0.5, 0.6) is 0 Å². The lowest BCUT2D eigenvalue weighted by molar-refractivity contribution is -0.110. The fraction of sp³-hybridized carbons (Fsp3) is 1.00. The molecule has 8 nitrogen and oxygen atoms in total. The van der Waals surface area contributed by atoms with E-state index < -0.39 is 0 Å². The van der Waals surface area contributed by atoms with Crippen molar-refractivity contribution in [1.82, 2.24) is 0 Å². The SMILES string of the molecule is CCCOC(C)COCC(COCC(C)OCCO)OCC(C)OCCO. The van der Waals surface area contributed by atoms with E-state index in [0.29, 0.717) is 39.6 Å². The lowest BCUT2D eigenvalue weighted by Crippen LogP contribution is -2.32. The Kier molecular flexibility index (Phi) is 18.8. The van der Waals surface area contributed by atoms with Crippen LogP contribution >= 0.6 is 0 Å². The molecular formula is C19H40O8. The molecule has 0 aromatic carbocycles. The van der Waals surface area contributed by atoms with Gasteiger partial charge in [-0.1, -0.05) is 6.92 Å². The molecule has 0 radical (unpaired) electrons. The number of rotatable bonds is 20. The van der Waals surface area contributed by atoms with Gasteiger partial charge < -0.3 is 38.6 Å². The largest absolute Gasteiger partial charge is 0.394 e. The van der Waals surface area contributed by atoms with E-state index in [1.807, 2.05) is 20.8 Å². The molecule has 0 aromatic rings. The first-order valence-corrected chi connectivity index (χ1v) is 9.87. The minimum Gasteiger partial charge on any atom is -0.394 e. The molecule has 0 rings (SSSR count). The lowest BCUT2D eigenvalue weighted by Gasteiger charge is -2.22. The van der Waals surface area contributed by atoms with Crippen molar-refractivity contribution in [3.05, 3.63) is 0 Å². The van der Waals surface area contributed by atoms with E-state index in [2.05, 4.69) is 6.92 Å². The van der Waals surface area contributed by atoms with E-state index in [4.69, 9.17) is 38.6 Å². The number of aliphatic hydroxyl groups excluding tert-OH is 2. The second kappa shape index (κ2) is 19.0. The molecule has 164 valence electrons. The van der Waals surface area contributed by atoms with Gasteiger partial charge in [-0.25, -0.2) is 0 Å². The first kappa shape index (κ1) is 26.7. The maximum absolute atomic E-state index is 8.81. The standard InChI is InChI=1S/C19H40O8/c1-5-8-24-16(2)11-22-14-19(27-13-18(4)26-10-7-21)15-23-12-17(3)25-9-6-20/h16-21H,5-15H2,1-4H3. The quantitative estimate of drug-likeness (QED) is 0.315. The summed E-state index contributed by atoms with van der Waals surface area (Å²) in [7, 11) is 0. The summed E-state index contributed by atoms with van der Waals surface area (Å²) in [4.78, 5) is 0. The van der Waals surface area contributed by atoms with E-state index in [9.17, 15) is 0 Å². The molecule has 0 amide bonds. The summed E-state index contributed by atoms with van der Waals surface area (Å²) in [6.07, 6.45) is 0.539. The summed E-state index contributed by atoms with van der Waals surface area (Å²) in [5.41, 5.74) is 0. The monoisotopic (exact) mass is 396 g/mol. The van der Waals surface area contributed by atoms with Gasteiger partial charge in [-0.05, 0) is 27.2 Å². The van der Waals surface area contributed by atoms with E-state index in [1.165, 1.54) is 0 Å². The molecule has 0 aliphatic heterocycles. The van der Waals surface area contributed by atoms with Crippen LogP contribution in [0, 0.1) is 0 Å². The van der Waals surface area contributed by atoms with Crippen LogP contribution in [-0.2, 0) is 28.4 Å². The minimum atomic E-state index is -0.242. The molecule has 8 heteroatoms. The van der Waals surface area contributed by atoms with Crippen molar-refractivity contribution in [2.75, 3.05) is 66.1 Å². The molecule has 0 aromatic heterocycles. The molecule has 4 atom stereocenters. The van der Waals surface area contributed by atoms with Gasteiger partial charge >= 0.3 is 0 Å². The fourth-order valence-corrected chi connectivity index (χ4v) is 2.12. The summed E-state index contributed by atoms with van der Waals surface area (Å²) >= 11 is 0. The van der Waals surface area contributed by atoms with Crippen molar-refractivity contribution in [3.8, 4) is 0 Å². The molecule has 0 saturated heterocycles. The van der Waals surface area contributed by atoms with Gasteiger partial charge in [0.25, 0.3) is 0 Å². The van der Waals surface area contributed by atoms with Gasteiger partial charge in [-0.15, -0.1) is 0 Å². The lowest BCUT2D eigenvalue weighted by atomic mass is 10.3. The van der Waals surface area contributed by atoms with Crippen LogP contribution in [0.2, 0.25) is 0 Å². The minimum absolute atomic E-state index is 0.00602. The molecule has 0 saturated carbocycles. The topological polar surface area (TPSA) is 95.8 Å². The van der Waals surface area contributed by atoms with Crippen LogP contribution in [0.3, 0.4) is 0 Å². The predicted molar refractivity (Wildman–Crippen MR) is 102 cm³/mol. The first-order chi connectivity index (χ1) is 13.0. The number of ether oxygens (including phenoxy) is 6. The Hall–Kier alpha value is -0.320. The normalized spacial score (nSPS) is 16.2. The Balaban J connectivity index is 4.19. The van der Waals surface area contributed by atoms with Gasteiger partial charge in [-0.3, -0.25) is 0 Å². The molecule has 0 heterocycles. The van der Waals surface area contributed by atoms with Crippen molar-refractivity contribution in [2.24, 2.45) is 0 Å². The highest BCUT2D eigenvalue weighted by atomic mass is 16.6. The number of hydrogen-bond donors (Lipinski definition) is 2. The highest BCUT2D eigenvalue weighted by molar-refractivity contribution is 4.60. The number of aliphatic hydroxyl groups is 2. The Morgan fingerprint density at radius 3 is 1.48 bits per heavy atom. The molecule has 27 heavy (non-hydrogen) atoms. The van der Waals surface area contributed by atoms with Gasteiger partial charge in [-0.2, -0.15) is 0 Å². The molecule has 0 aliphatic rings. The van der Waals surface area contributed by atoms with Gasteiger partial charge in [0.05, 0.1) is 77.8 Å². The smallest absolute Gasteiger partial charge is 0.104 e. The van der Waals surface area contributed by atoms with Crippen molar-refractivity contribution < 1.29 is 38.6 Å². The fourth-order valence-electron chi connectivity index (χ4n) is 2.12. The van der Waals surface area contributed by atoms with Crippen molar-refractivity contribution >= 4 is 0 Å². The average Bonchev–Trinajstić information content (AvgIpc) is 2.66. The zero-order valence-electron chi connectivity index (χ0n) is 17.4. The highest BCUT2D eigenvalue weighted by Crippen LogP contribution is 2.03. The zero-order chi connectivity index (χ0) is 20.3. The Morgan fingerprint density at radius 2 is 1.04 bits per heavy atom. The molecule has 0 bridgehead atoms. The highest BCUT2D eigenvalue weighted by Gasteiger charge is 2.15. The zero-order valence-corrected chi connectivity index (χ0v) is 17.4. The third-order valence-electron chi connectivity index (χ3n) is 3.47. The van der Waals surface area contributed by atoms with Crippen LogP contribution in [0.4, 0.5) is 0 Å². The summed E-state index contributed by atoms with van der Waals surface area (Å²) in [6, 6.07) is 0. The molecular weight excluding hydrogens is 356 g/mol. The van der Waals surface area contributed by atoms with Crippen molar-refractivity contribution in [2.45, 2.75) is 58.5 Å². The molecule has 0 spiro atoms. The maximum Gasteiger partial charge on any atom is 0.104 e. The third kappa shape index (κ3) is 17.5. The third-order valence-corrected chi connectivity index (χ3v) is 3.47. The Bertz CT molecular complexity index is 285. The van der Waals surface area contributed by atoms with Crippen LogP contribution in [0.1, 0.15) is 34.1 Å². The Morgan fingerprint density at radius 1 is 0.593 bits per heavy atom. The molecule has 2 N–H and O–H groups in total. The van der Waals surface area contributed by atoms with Crippen LogP contribution in [0.15, 0.2) is 0 Å². The van der Waals surface area contributed by atoms with Gasteiger partial charge in [0.1, 0.15) is 6.10 Å². The van der Waals surface area contributed by atoms with Crippen LogP contribution < -0.4 is 0 Å². The second-order valence-electron chi connectivity index (χ2n) is 6.52. The van der Waals surface area contributed by atoms with Crippen molar-refractivity contribution in [1.29, 1.82) is 0 Å². The van der Waals surface area contributed by atoms with Crippen LogP contribution in [0.25, 0.3) is 0 Å². The second-order valence-corrected chi connectivity index (χ2v) is 6.52. The van der Waals surface area contributed by atoms with E-state index in [0.717, 1.165) is 13.0 Å². The van der Waals surface area contributed by atoms with Gasteiger partial charge in [0.15, 0.2) is 0 Å². The van der Waals surface area contributed by atoms with E-state index in [1.54, 1.807) is 0 Å². The molecule has 4 unspecified atom stereocenters. The first-order valence-electron chi connectivity index (χ1n) is 9.87. The van der Waals surface area contributed by atoms with E-state index in [-0.39, 0.29) is 44.2 Å². The van der Waals surface area contributed by atoms with Crippen LogP contribution in [-0.4, -0.2) is 101 Å².